The molecule has 6 nitrogen and oxygen atoms in total. The van der Waals surface area contributed by atoms with Crippen LogP contribution in [0.2, 0.25) is 10.0 Å². The van der Waals surface area contributed by atoms with Crippen molar-refractivity contribution in [2.24, 2.45) is 0 Å². The Hall–Kier alpha value is -1.44. The number of amides is 2. The molecule has 1 fully saturated rings. The first kappa shape index (κ1) is 15.9. The highest BCUT2D eigenvalue weighted by Crippen LogP contribution is 2.30. The van der Waals surface area contributed by atoms with Gasteiger partial charge in [0, 0.05) is 5.02 Å². The molecule has 0 aromatic heterocycles. The third-order valence-corrected chi connectivity index (χ3v) is 4.17. The number of carboxylic acid groups (broad SMARTS) is 1. The zero-order chi connectivity index (χ0) is 15.6. The lowest BCUT2D eigenvalue weighted by molar-refractivity contribution is -0.130. The summed E-state index contributed by atoms with van der Waals surface area (Å²) in [5, 5.41) is 11.7. The molecule has 0 spiro atoms. The highest BCUT2D eigenvalue weighted by Gasteiger charge is 2.24. The van der Waals surface area contributed by atoms with Crippen molar-refractivity contribution in [3.05, 3.63) is 27.7 Å². The number of carboxylic acids is 1. The van der Waals surface area contributed by atoms with Crippen LogP contribution >= 0.6 is 35.0 Å². The smallest absolute Gasteiger partial charge is 0.337 e. The molecule has 0 radical (unpaired) electrons. The van der Waals surface area contributed by atoms with Gasteiger partial charge >= 0.3 is 5.97 Å². The van der Waals surface area contributed by atoms with E-state index in [-0.39, 0.29) is 33.7 Å². The average Bonchev–Trinajstić information content (AvgIpc) is 2.77. The summed E-state index contributed by atoms with van der Waals surface area (Å²) >= 11 is 13.1. The van der Waals surface area contributed by atoms with Crippen molar-refractivity contribution in [3.8, 4) is 0 Å². The first-order valence-electron chi connectivity index (χ1n) is 5.76. The van der Waals surface area contributed by atoms with Gasteiger partial charge in [0.25, 0.3) is 0 Å². The van der Waals surface area contributed by atoms with Gasteiger partial charge in [-0.2, -0.15) is 0 Å². The van der Waals surface area contributed by atoms with Gasteiger partial charge in [0.2, 0.25) is 11.8 Å². The first-order valence-corrected chi connectivity index (χ1v) is 7.67. The van der Waals surface area contributed by atoms with Crippen molar-refractivity contribution in [1.29, 1.82) is 0 Å². The summed E-state index contributed by atoms with van der Waals surface area (Å²) in [4.78, 5) is 35.9. The van der Waals surface area contributed by atoms with E-state index in [9.17, 15) is 14.4 Å². The van der Waals surface area contributed by atoms with E-state index in [4.69, 9.17) is 28.3 Å². The van der Waals surface area contributed by atoms with Crippen LogP contribution < -0.4 is 5.32 Å². The number of carbonyl (C=O) groups is 3. The SMILES string of the molecule is O=C(CN1CSCC1=O)Nc1c(Cl)cc(Cl)cc1C(=O)O. The fourth-order valence-corrected chi connectivity index (χ4v) is 3.21. The van der Waals surface area contributed by atoms with Crippen LogP contribution in [0.25, 0.3) is 0 Å². The number of anilines is 1. The van der Waals surface area contributed by atoms with Gasteiger partial charge in [0.05, 0.1) is 27.9 Å². The number of halogens is 2. The molecule has 1 heterocycles. The number of thioether (sulfide) groups is 1. The molecule has 1 aromatic carbocycles. The molecule has 1 aliphatic rings. The van der Waals surface area contributed by atoms with Gasteiger partial charge in [-0.1, -0.05) is 23.2 Å². The van der Waals surface area contributed by atoms with Gasteiger partial charge in [-0.05, 0) is 12.1 Å². The lowest BCUT2D eigenvalue weighted by atomic mass is 10.1. The number of hydrogen-bond acceptors (Lipinski definition) is 4. The molecule has 2 amide bonds. The van der Waals surface area contributed by atoms with E-state index in [2.05, 4.69) is 5.32 Å². The van der Waals surface area contributed by atoms with Gasteiger partial charge in [-0.15, -0.1) is 11.8 Å². The Morgan fingerprint density at radius 1 is 1.38 bits per heavy atom. The topological polar surface area (TPSA) is 86.7 Å². The molecular formula is C12H10Cl2N2O4S. The first-order chi connectivity index (χ1) is 9.88. The van der Waals surface area contributed by atoms with E-state index in [1.54, 1.807) is 0 Å². The minimum Gasteiger partial charge on any atom is -0.478 e. The molecule has 1 aromatic rings. The van der Waals surface area contributed by atoms with E-state index in [1.165, 1.54) is 28.8 Å². The Kier molecular flexibility index (Phi) is 4.97. The fourth-order valence-electron chi connectivity index (χ4n) is 1.76. The summed E-state index contributed by atoms with van der Waals surface area (Å²) in [6.45, 7) is -0.149. The van der Waals surface area contributed by atoms with E-state index in [0.717, 1.165) is 0 Å². The maximum Gasteiger partial charge on any atom is 0.337 e. The molecule has 2 rings (SSSR count). The van der Waals surface area contributed by atoms with Gasteiger partial charge < -0.3 is 15.3 Å². The predicted octanol–water partition coefficient (Wildman–Crippen LogP) is 2.16. The molecule has 21 heavy (non-hydrogen) atoms. The summed E-state index contributed by atoms with van der Waals surface area (Å²) < 4.78 is 0. The zero-order valence-corrected chi connectivity index (χ0v) is 12.9. The second-order valence-electron chi connectivity index (χ2n) is 4.23. The number of rotatable bonds is 4. The van der Waals surface area contributed by atoms with Crippen LogP contribution in [-0.4, -0.2) is 46.0 Å². The highest BCUT2D eigenvalue weighted by molar-refractivity contribution is 8.00. The molecule has 0 aliphatic carbocycles. The maximum atomic E-state index is 11.9. The number of nitrogens with zero attached hydrogens (tertiary/aromatic N) is 1. The minimum absolute atomic E-state index is 0.0235. The molecular weight excluding hydrogens is 339 g/mol. The third kappa shape index (κ3) is 3.81. The van der Waals surface area contributed by atoms with Crippen molar-refractivity contribution in [1.82, 2.24) is 4.90 Å². The molecule has 0 saturated carbocycles. The molecule has 1 aliphatic heterocycles. The van der Waals surface area contributed by atoms with E-state index in [0.29, 0.717) is 11.6 Å². The molecule has 0 atom stereocenters. The monoisotopic (exact) mass is 348 g/mol. The Morgan fingerprint density at radius 3 is 2.67 bits per heavy atom. The van der Waals surface area contributed by atoms with Gasteiger partial charge in [0.15, 0.2) is 0 Å². The Labute approximate surface area is 134 Å². The van der Waals surface area contributed by atoms with Crippen molar-refractivity contribution in [3.63, 3.8) is 0 Å². The fraction of sp³-hybridized carbons (Fsp3) is 0.250. The average molecular weight is 349 g/mol. The van der Waals surface area contributed by atoms with Crippen LogP contribution in [0.1, 0.15) is 10.4 Å². The number of benzene rings is 1. The maximum absolute atomic E-state index is 11.9. The van der Waals surface area contributed by atoms with Crippen LogP contribution in [0.3, 0.4) is 0 Å². The molecule has 2 N–H and O–H groups in total. The van der Waals surface area contributed by atoms with E-state index < -0.39 is 11.9 Å². The summed E-state index contributed by atoms with van der Waals surface area (Å²) in [5.41, 5.74) is -0.235. The highest BCUT2D eigenvalue weighted by atomic mass is 35.5. The van der Waals surface area contributed by atoms with Gasteiger partial charge in [-0.25, -0.2) is 4.79 Å². The van der Waals surface area contributed by atoms with Crippen molar-refractivity contribution in [2.75, 3.05) is 23.5 Å². The van der Waals surface area contributed by atoms with Gasteiger partial charge in [-0.3, -0.25) is 9.59 Å². The third-order valence-electron chi connectivity index (χ3n) is 2.71. The Balaban J connectivity index is 2.17. The summed E-state index contributed by atoms with van der Waals surface area (Å²) in [6, 6.07) is 2.53. The lowest BCUT2D eigenvalue weighted by Crippen LogP contribution is -2.34. The summed E-state index contributed by atoms with van der Waals surface area (Å²) in [7, 11) is 0. The zero-order valence-electron chi connectivity index (χ0n) is 10.6. The Morgan fingerprint density at radius 2 is 2.10 bits per heavy atom. The molecule has 1 saturated heterocycles. The van der Waals surface area contributed by atoms with Crippen molar-refractivity contribution >= 4 is 58.4 Å². The standard InChI is InChI=1S/C12H10Cl2N2O4S/c13-6-1-7(12(19)20)11(8(14)2-6)15-9(17)3-16-5-21-4-10(16)18/h1-2H,3-5H2,(H,15,17)(H,19,20). The lowest BCUT2D eigenvalue weighted by Gasteiger charge is -2.16. The van der Waals surface area contributed by atoms with Crippen LogP contribution in [0, 0.1) is 0 Å². The minimum atomic E-state index is -1.26. The Bertz CT molecular complexity index is 624. The molecule has 112 valence electrons. The molecule has 0 bridgehead atoms. The van der Waals surface area contributed by atoms with Crippen LogP contribution in [0.4, 0.5) is 5.69 Å². The number of carbonyl (C=O) groups excluding carboxylic acids is 2. The largest absolute Gasteiger partial charge is 0.478 e. The van der Waals surface area contributed by atoms with Crippen LogP contribution in [0.15, 0.2) is 12.1 Å². The van der Waals surface area contributed by atoms with Gasteiger partial charge in [0.1, 0.15) is 6.54 Å². The summed E-state index contributed by atoms with van der Waals surface area (Å²) in [5.74, 6) is -1.13. The van der Waals surface area contributed by atoms with E-state index >= 15 is 0 Å². The number of aromatic carboxylic acids is 1. The predicted molar refractivity (Wildman–Crippen MR) is 81.1 cm³/mol. The number of nitrogens with one attached hydrogen (secondary N) is 1. The van der Waals surface area contributed by atoms with Crippen LogP contribution in [0.5, 0.6) is 0 Å². The normalized spacial score (nSPS) is 14.4. The molecule has 9 heteroatoms. The van der Waals surface area contributed by atoms with E-state index in [1.807, 2.05) is 0 Å². The second kappa shape index (κ2) is 6.55. The second-order valence-corrected chi connectivity index (χ2v) is 6.03. The molecule has 0 unspecified atom stereocenters. The van der Waals surface area contributed by atoms with Crippen molar-refractivity contribution in [2.45, 2.75) is 0 Å². The number of hydrogen-bond donors (Lipinski definition) is 2. The van der Waals surface area contributed by atoms with Crippen LogP contribution in [-0.2, 0) is 9.59 Å². The van der Waals surface area contributed by atoms with Crippen molar-refractivity contribution < 1.29 is 19.5 Å². The quantitative estimate of drug-likeness (QED) is 0.870. The summed E-state index contributed by atoms with van der Waals surface area (Å²) in [6.07, 6.45) is 0.